The molecule has 4 unspecified atom stereocenters. The summed E-state index contributed by atoms with van der Waals surface area (Å²) in [5.74, 6) is -1.64. The SMILES string of the molecule is CCN1C(=O)CC(SCC(C)C(=O)N2CC(Sc3ccccc3)CC2C(=O)O)C1=O. The summed E-state index contributed by atoms with van der Waals surface area (Å²) < 4.78 is 0. The zero-order chi connectivity index (χ0) is 21.8. The molecule has 0 spiro atoms. The van der Waals surface area contributed by atoms with E-state index < -0.39 is 23.2 Å². The monoisotopic (exact) mass is 450 g/mol. The topological polar surface area (TPSA) is 95.0 Å². The van der Waals surface area contributed by atoms with Crippen molar-refractivity contribution in [2.45, 2.75) is 48.1 Å². The molecule has 2 saturated heterocycles. The molecule has 2 heterocycles. The average Bonchev–Trinajstić information content (AvgIpc) is 3.26. The van der Waals surface area contributed by atoms with Gasteiger partial charge in [-0.1, -0.05) is 25.1 Å². The highest BCUT2D eigenvalue weighted by molar-refractivity contribution is 8.00. The molecule has 7 nitrogen and oxygen atoms in total. The number of hydrogen-bond donors (Lipinski definition) is 1. The smallest absolute Gasteiger partial charge is 0.326 e. The number of likely N-dealkylation sites (tertiary alicyclic amines) is 2. The number of imide groups is 1. The largest absolute Gasteiger partial charge is 0.480 e. The van der Waals surface area contributed by atoms with Crippen LogP contribution >= 0.6 is 23.5 Å². The van der Waals surface area contributed by atoms with E-state index in [2.05, 4.69) is 0 Å². The summed E-state index contributed by atoms with van der Waals surface area (Å²) in [6, 6.07) is 8.91. The van der Waals surface area contributed by atoms with Gasteiger partial charge in [0.1, 0.15) is 6.04 Å². The second-order valence-electron chi connectivity index (χ2n) is 7.54. The summed E-state index contributed by atoms with van der Waals surface area (Å²) in [5, 5.41) is 9.19. The van der Waals surface area contributed by atoms with E-state index in [4.69, 9.17) is 0 Å². The van der Waals surface area contributed by atoms with Crippen molar-refractivity contribution in [3.63, 3.8) is 0 Å². The van der Waals surface area contributed by atoms with Gasteiger partial charge in [0.15, 0.2) is 0 Å². The van der Waals surface area contributed by atoms with Crippen molar-refractivity contribution in [1.29, 1.82) is 0 Å². The normalized spacial score (nSPS) is 25.1. The third-order valence-electron chi connectivity index (χ3n) is 5.36. The standard InChI is InChI=1S/C21H26N2O5S2/c1-3-22-18(24)10-17(20(22)26)29-12-13(2)19(25)23-11-15(9-16(23)21(27)28)30-14-7-5-4-6-8-14/h4-8,13,15-17H,3,9-12H2,1-2H3,(H,27,28). The van der Waals surface area contributed by atoms with Crippen LogP contribution in [-0.2, 0) is 19.2 Å². The van der Waals surface area contributed by atoms with Crippen LogP contribution in [0.15, 0.2) is 35.2 Å². The third-order valence-corrected chi connectivity index (χ3v) is 8.05. The first-order chi connectivity index (χ1) is 14.3. The molecule has 2 fully saturated rings. The minimum absolute atomic E-state index is 0.0180. The fourth-order valence-corrected chi connectivity index (χ4v) is 6.19. The number of carboxylic acid groups (broad SMARTS) is 1. The maximum atomic E-state index is 13.0. The molecule has 1 aromatic rings. The molecule has 0 aliphatic carbocycles. The predicted octanol–water partition coefficient (Wildman–Crippen LogP) is 2.35. The van der Waals surface area contributed by atoms with E-state index in [0.717, 1.165) is 4.90 Å². The van der Waals surface area contributed by atoms with Crippen molar-refractivity contribution in [3.8, 4) is 0 Å². The van der Waals surface area contributed by atoms with E-state index >= 15 is 0 Å². The lowest BCUT2D eigenvalue weighted by Gasteiger charge is -2.25. The number of rotatable bonds is 8. The lowest BCUT2D eigenvalue weighted by Crippen LogP contribution is -2.43. The minimum Gasteiger partial charge on any atom is -0.480 e. The molecule has 1 aromatic carbocycles. The van der Waals surface area contributed by atoms with Crippen molar-refractivity contribution in [2.24, 2.45) is 5.92 Å². The molecule has 1 N–H and O–H groups in total. The molecule has 0 saturated carbocycles. The van der Waals surface area contributed by atoms with Crippen LogP contribution in [0, 0.1) is 5.92 Å². The van der Waals surface area contributed by atoms with Gasteiger partial charge in [0.05, 0.1) is 5.25 Å². The van der Waals surface area contributed by atoms with Crippen LogP contribution in [0.5, 0.6) is 0 Å². The highest BCUT2D eigenvalue weighted by Crippen LogP contribution is 2.34. The number of carbonyl (C=O) groups is 4. The van der Waals surface area contributed by atoms with Crippen LogP contribution in [-0.4, -0.2) is 74.0 Å². The van der Waals surface area contributed by atoms with E-state index in [-0.39, 0.29) is 29.4 Å². The molecule has 9 heteroatoms. The van der Waals surface area contributed by atoms with Gasteiger partial charge in [-0.2, -0.15) is 0 Å². The lowest BCUT2D eigenvalue weighted by molar-refractivity contribution is -0.149. The van der Waals surface area contributed by atoms with E-state index in [1.807, 2.05) is 30.3 Å². The Hall–Kier alpha value is -2.00. The molecule has 0 aromatic heterocycles. The van der Waals surface area contributed by atoms with Crippen LogP contribution in [0.1, 0.15) is 26.7 Å². The van der Waals surface area contributed by atoms with Crippen molar-refractivity contribution in [2.75, 3.05) is 18.8 Å². The predicted molar refractivity (Wildman–Crippen MR) is 116 cm³/mol. The number of carbonyl (C=O) groups excluding carboxylic acids is 3. The van der Waals surface area contributed by atoms with Gasteiger partial charge in [0.2, 0.25) is 17.7 Å². The Labute approximate surface area is 184 Å². The van der Waals surface area contributed by atoms with Crippen molar-refractivity contribution < 1.29 is 24.3 Å². The zero-order valence-electron chi connectivity index (χ0n) is 17.0. The van der Waals surface area contributed by atoms with Gasteiger partial charge < -0.3 is 10.0 Å². The number of aliphatic carboxylic acids is 1. The number of carboxylic acids is 1. The van der Waals surface area contributed by atoms with Gasteiger partial charge in [-0.15, -0.1) is 23.5 Å². The van der Waals surface area contributed by atoms with Gasteiger partial charge >= 0.3 is 5.97 Å². The van der Waals surface area contributed by atoms with Crippen LogP contribution in [0.4, 0.5) is 0 Å². The fourth-order valence-electron chi connectivity index (χ4n) is 3.78. The minimum atomic E-state index is -0.991. The maximum absolute atomic E-state index is 13.0. The summed E-state index contributed by atoms with van der Waals surface area (Å²) in [4.78, 5) is 52.6. The number of thioether (sulfide) groups is 2. The van der Waals surface area contributed by atoms with Crippen molar-refractivity contribution in [3.05, 3.63) is 30.3 Å². The summed E-state index contributed by atoms with van der Waals surface area (Å²) in [6.45, 7) is 4.26. The lowest BCUT2D eigenvalue weighted by atomic mass is 10.1. The second-order valence-corrected chi connectivity index (χ2v) is 10.1. The van der Waals surface area contributed by atoms with Crippen molar-refractivity contribution >= 4 is 47.2 Å². The Kier molecular flexibility index (Phi) is 7.46. The third kappa shape index (κ3) is 5.00. The van der Waals surface area contributed by atoms with E-state index in [1.54, 1.807) is 25.6 Å². The Morgan fingerprint density at radius 1 is 1.23 bits per heavy atom. The van der Waals surface area contributed by atoms with Gasteiger partial charge in [-0.25, -0.2) is 4.79 Å². The summed E-state index contributed by atoms with van der Waals surface area (Å²) >= 11 is 2.90. The van der Waals surface area contributed by atoms with Gasteiger partial charge in [0.25, 0.3) is 0 Å². The van der Waals surface area contributed by atoms with Gasteiger partial charge in [-0.05, 0) is 25.5 Å². The molecule has 2 aliphatic rings. The molecule has 0 radical (unpaired) electrons. The second kappa shape index (κ2) is 9.87. The molecule has 162 valence electrons. The van der Waals surface area contributed by atoms with Gasteiger partial charge in [-0.3, -0.25) is 19.3 Å². The first kappa shape index (κ1) is 22.7. The van der Waals surface area contributed by atoms with Crippen molar-refractivity contribution in [1.82, 2.24) is 9.80 Å². The number of hydrogen-bond acceptors (Lipinski definition) is 6. The van der Waals surface area contributed by atoms with Crippen LogP contribution in [0.25, 0.3) is 0 Å². The summed E-state index contributed by atoms with van der Waals surface area (Å²) in [5.41, 5.74) is 0. The molecule has 30 heavy (non-hydrogen) atoms. The van der Waals surface area contributed by atoms with Gasteiger partial charge in [0, 0.05) is 41.3 Å². The van der Waals surface area contributed by atoms with Crippen LogP contribution in [0.3, 0.4) is 0 Å². The summed E-state index contributed by atoms with van der Waals surface area (Å²) in [6.07, 6.45) is 0.567. The molecule has 4 atom stereocenters. The van der Waals surface area contributed by atoms with E-state index in [1.165, 1.54) is 21.6 Å². The quantitative estimate of drug-likeness (QED) is 0.608. The van der Waals surface area contributed by atoms with Crippen LogP contribution < -0.4 is 0 Å². The molecular weight excluding hydrogens is 424 g/mol. The first-order valence-corrected chi connectivity index (χ1v) is 12.0. The highest BCUT2D eigenvalue weighted by atomic mass is 32.2. The number of benzene rings is 1. The molecule has 2 aliphatic heterocycles. The maximum Gasteiger partial charge on any atom is 0.326 e. The fraction of sp³-hybridized carbons (Fsp3) is 0.524. The van der Waals surface area contributed by atoms with E-state index in [0.29, 0.717) is 25.3 Å². The Bertz CT molecular complexity index is 819. The molecule has 3 amide bonds. The average molecular weight is 451 g/mol. The Morgan fingerprint density at radius 3 is 2.53 bits per heavy atom. The number of nitrogens with zero attached hydrogens (tertiary/aromatic N) is 2. The highest BCUT2D eigenvalue weighted by Gasteiger charge is 2.42. The molecular formula is C21H26N2O5S2. The Morgan fingerprint density at radius 2 is 1.93 bits per heavy atom. The van der Waals surface area contributed by atoms with Crippen LogP contribution in [0.2, 0.25) is 0 Å². The Balaban J connectivity index is 1.59. The molecule has 3 rings (SSSR count). The first-order valence-electron chi connectivity index (χ1n) is 10.0. The summed E-state index contributed by atoms with van der Waals surface area (Å²) in [7, 11) is 0. The zero-order valence-corrected chi connectivity index (χ0v) is 18.7. The molecule has 0 bridgehead atoms. The van der Waals surface area contributed by atoms with E-state index in [9.17, 15) is 24.3 Å². The number of amides is 3.